The van der Waals surface area contributed by atoms with E-state index in [4.69, 9.17) is 6.42 Å². The van der Waals surface area contributed by atoms with Gasteiger partial charge in [-0.1, -0.05) is 60.0 Å². The van der Waals surface area contributed by atoms with Gasteiger partial charge in [0, 0.05) is 23.7 Å². The van der Waals surface area contributed by atoms with Crippen LogP contribution in [-0.2, 0) is 10.0 Å². The van der Waals surface area contributed by atoms with E-state index in [1.807, 2.05) is 43.3 Å². The highest BCUT2D eigenvalue weighted by molar-refractivity contribution is 7.89. The number of aromatic nitrogens is 1. The van der Waals surface area contributed by atoms with E-state index in [0.29, 0.717) is 0 Å². The number of pyridine rings is 1. The first-order valence-corrected chi connectivity index (χ1v) is 9.97. The van der Waals surface area contributed by atoms with Crippen LogP contribution in [0.15, 0.2) is 71.8 Å². The molecule has 0 radical (unpaired) electrons. The number of nitrogens with zero attached hydrogens (tertiary/aromatic N) is 2. The first-order chi connectivity index (χ1) is 13.0. The molecule has 0 aliphatic carbocycles. The Morgan fingerprint density at radius 1 is 1.11 bits per heavy atom. The average Bonchev–Trinajstić information content (AvgIpc) is 2.68. The molecule has 1 heterocycles. The summed E-state index contributed by atoms with van der Waals surface area (Å²) in [5.74, 6) is 2.43. The summed E-state index contributed by atoms with van der Waals surface area (Å²) < 4.78 is 27.0. The van der Waals surface area contributed by atoms with Gasteiger partial charge in [0.05, 0.1) is 17.0 Å². The summed E-state index contributed by atoms with van der Waals surface area (Å²) in [4.78, 5) is 4.64. The molecule has 1 aromatic heterocycles. The smallest absolute Gasteiger partial charge is 0.244 e. The van der Waals surface area contributed by atoms with Gasteiger partial charge in [0.1, 0.15) is 0 Å². The molecule has 0 bridgehead atoms. The van der Waals surface area contributed by atoms with Crippen LogP contribution in [0.5, 0.6) is 0 Å². The molecular weight excluding hydrogens is 356 g/mol. The van der Waals surface area contributed by atoms with Crippen LogP contribution >= 0.6 is 0 Å². The van der Waals surface area contributed by atoms with Gasteiger partial charge in [-0.15, -0.1) is 6.42 Å². The fourth-order valence-electron chi connectivity index (χ4n) is 2.77. The van der Waals surface area contributed by atoms with E-state index in [1.165, 1.54) is 4.31 Å². The SMILES string of the molecule is C#CCN(C/C=C\c1cccc2cccnc12)S(=O)(=O)c1ccc(C)cc1. The summed E-state index contributed by atoms with van der Waals surface area (Å²) in [6.07, 6.45) is 10.8. The van der Waals surface area contributed by atoms with Gasteiger partial charge in [0.2, 0.25) is 10.0 Å². The Bertz CT molecular complexity index is 1110. The van der Waals surface area contributed by atoms with Gasteiger partial charge in [-0.05, 0) is 25.1 Å². The van der Waals surface area contributed by atoms with Crippen LogP contribution in [-0.4, -0.2) is 30.8 Å². The minimum atomic E-state index is -3.65. The summed E-state index contributed by atoms with van der Waals surface area (Å²) in [6.45, 7) is 2.11. The molecule has 3 aromatic rings. The van der Waals surface area contributed by atoms with Crippen molar-refractivity contribution in [2.75, 3.05) is 13.1 Å². The topological polar surface area (TPSA) is 50.3 Å². The molecule has 136 valence electrons. The van der Waals surface area contributed by atoms with Crippen molar-refractivity contribution in [3.8, 4) is 12.3 Å². The Kier molecular flexibility index (Phi) is 5.70. The fourth-order valence-corrected chi connectivity index (χ4v) is 4.07. The van der Waals surface area contributed by atoms with Crippen LogP contribution in [0.25, 0.3) is 17.0 Å². The molecule has 0 atom stereocenters. The first kappa shape index (κ1) is 18.8. The number of rotatable bonds is 6. The van der Waals surface area contributed by atoms with E-state index in [1.54, 1.807) is 36.5 Å². The number of hydrogen-bond acceptors (Lipinski definition) is 3. The maximum atomic E-state index is 12.9. The highest BCUT2D eigenvalue weighted by atomic mass is 32.2. The first-order valence-electron chi connectivity index (χ1n) is 8.53. The highest BCUT2D eigenvalue weighted by Crippen LogP contribution is 2.19. The number of sulfonamides is 1. The maximum absolute atomic E-state index is 12.9. The molecule has 0 fully saturated rings. The molecular formula is C22H20N2O2S. The second kappa shape index (κ2) is 8.17. The standard InChI is InChI=1S/C22H20N2O2S/c1-3-16-24(27(25,26)21-13-11-18(2)12-14-21)17-6-10-20-8-4-7-19-9-5-15-23-22(19)20/h1,4-15H,16-17H2,2H3/b10-6-. The molecule has 0 spiro atoms. The minimum absolute atomic E-state index is 0.00827. The monoisotopic (exact) mass is 376 g/mol. The highest BCUT2D eigenvalue weighted by Gasteiger charge is 2.22. The molecule has 5 heteroatoms. The number of terminal acetylenes is 1. The molecule has 3 rings (SSSR count). The van der Waals surface area contributed by atoms with Crippen molar-refractivity contribution >= 4 is 27.0 Å². The molecule has 0 saturated carbocycles. The number of para-hydroxylation sites is 1. The summed E-state index contributed by atoms with van der Waals surface area (Å²) >= 11 is 0. The van der Waals surface area contributed by atoms with Crippen molar-refractivity contribution in [1.82, 2.24) is 9.29 Å². The lowest BCUT2D eigenvalue weighted by Crippen LogP contribution is -2.31. The summed E-state index contributed by atoms with van der Waals surface area (Å²) in [5.41, 5.74) is 2.81. The summed E-state index contributed by atoms with van der Waals surface area (Å²) in [7, 11) is -3.65. The largest absolute Gasteiger partial charge is 0.256 e. The third-order valence-corrected chi connectivity index (χ3v) is 6.02. The maximum Gasteiger partial charge on any atom is 0.244 e. The van der Waals surface area contributed by atoms with Crippen LogP contribution in [0.3, 0.4) is 0 Å². The Morgan fingerprint density at radius 2 is 1.85 bits per heavy atom. The zero-order valence-electron chi connectivity index (χ0n) is 15.0. The van der Waals surface area contributed by atoms with E-state index in [9.17, 15) is 8.42 Å². The molecule has 0 amide bonds. The van der Waals surface area contributed by atoms with Crippen molar-refractivity contribution in [3.05, 3.63) is 78.0 Å². The molecule has 0 unspecified atom stereocenters. The number of fused-ring (bicyclic) bond motifs is 1. The van der Waals surface area contributed by atoms with E-state index < -0.39 is 10.0 Å². The zero-order valence-corrected chi connectivity index (χ0v) is 15.9. The summed E-state index contributed by atoms with van der Waals surface area (Å²) in [5, 5.41) is 1.03. The average molecular weight is 376 g/mol. The van der Waals surface area contributed by atoms with Crippen molar-refractivity contribution in [3.63, 3.8) is 0 Å². The Morgan fingerprint density at radius 3 is 2.59 bits per heavy atom. The van der Waals surface area contributed by atoms with Gasteiger partial charge >= 0.3 is 0 Å². The Labute approximate surface area is 160 Å². The fraction of sp³-hybridized carbons (Fsp3) is 0.136. The minimum Gasteiger partial charge on any atom is -0.256 e. The van der Waals surface area contributed by atoms with Gasteiger partial charge in [-0.3, -0.25) is 4.98 Å². The van der Waals surface area contributed by atoms with Gasteiger partial charge in [0.15, 0.2) is 0 Å². The third-order valence-electron chi connectivity index (χ3n) is 4.20. The Hall–Kier alpha value is -2.94. The quantitative estimate of drug-likeness (QED) is 0.614. The molecule has 2 aromatic carbocycles. The van der Waals surface area contributed by atoms with E-state index >= 15 is 0 Å². The van der Waals surface area contributed by atoms with Crippen molar-refractivity contribution in [1.29, 1.82) is 0 Å². The van der Waals surface area contributed by atoms with Crippen LogP contribution in [0, 0.1) is 19.3 Å². The second-order valence-electron chi connectivity index (χ2n) is 6.14. The van der Waals surface area contributed by atoms with E-state index in [-0.39, 0.29) is 18.0 Å². The third kappa shape index (κ3) is 4.25. The molecule has 4 nitrogen and oxygen atoms in total. The molecule has 27 heavy (non-hydrogen) atoms. The van der Waals surface area contributed by atoms with Crippen LogP contribution in [0.1, 0.15) is 11.1 Å². The van der Waals surface area contributed by atoms with Gasteiger partial charge in [-0.2, -0.15) is 4.31 Å². The van der Waals surface area contributed by atoms with Crippen LogP contribution < -0.4 is 0 Å². The Balaban J connectivity index is 1.85. The predicted octanol–water partition coefficient (Wildman–Crippen LogP) is 3.88. The normalized spacial score (nSPS) is 11.9. The zero-order chi connectivity index (χ0) is 19.3. The molecule has 0 aliphatic rings. The lowest BCUT2D eigenvalue weighted by atomic mass is 10.1. The van der Waals surface area contributed by atoms with Crippen LogP contribution in [0.4, 0.5) is 0 Å². The lowest BCUT2D eigenvalue weighted by molar-refractivity contribution is 0.478. The van der Waals surface area contributed by atoms with Crippen LogP contribution in [0.2, 0.25) is 0 Å². The summed E-state index contributed by atoms with van der Waals surface area (Å²) in [6, 6.07) is 16.5. The molecule has 0 aliphatic heterocycles. The van der Waals surface area contributed by atoms with Crippen molar-refractivity contribution in [2.24, 2.45) is 0 Å². The molecule has 0 saturated heterocycles. The van der Waals surface area contributed by atoms with Crippen molar-refractivity contribution < 1.29 is 8.42 Å². The van der Waals surface area contributed by atoms with E-state index in [0.717, 1.165) is 22.0 Å². The van der Waals surface area contributed by atoms with Crippen molar-refractivity contribution in [2.45, 2.75) is 11.8 Å². The lowest BCUT2D eigenvalue weighted by Gasteiger charge is -2.18. The number of benzene rings is 2. The number of hydrogen-bond donors (Lipinski definition) is 0. The molecule has 0 N–H and O–H groups in total. The predicted molar refractivity (Wildman–Crippen MR) is 110 cm³/mol. The van der Waals surface area contributed by atoms with Gasteiger partial charge < -0.3 is 0 Å². The van der Waals surface area contributed by atoms with E-state index in [2.05, 4.69) is 10.9 Å². The van der Waals surface area contributed by atoms with Gasteiger partial charge in [-0.25, -0.2) is 8.42 Å². The second-order valence-corrected chi connectivity index (χ2v) is 8.08. The van der Waals surface area contributed by atoms with Gasteiger partial charge in [0.25, 0.3) is 0 Å². The number of aryl methyl sites for hydroxylation is 1.